The number of nitrogens with zero attached hydrogens (tertiary/aromatic N) is 3. The van der Waals surface area contributed by atoms with Gasteiger partial charge in [-0.2, -0.15) is 39.5 Å². The van der Waals surface area contributed by atoms with E-state index in [-0.39, 0.29) is 24.1 Å². The van der Waals surface area contributed by atoms with Crippen LogP contribution in [0.5, 0.6) is 5.88 Å². The van der Waals surface area contributed by atoms with Crippen molar-refractivity contribution in [2.45, 2.75) is 56.2 Å². The van der Waals surface area contributed by atoms with Crippen molar-refractivity contribution in [3.8, 4) is 5.88 Å². The van der Waals surface area contributed by atoms with Gasteiger partial charge in [0, 0.05) is 37.7 Å². The minimum Gasteiger partial charge on any atom is -0.475 e. The van der Waals surface area contributed by atoms with Gasteiger partial charge in [-0.15, -0.1) is 0 Å². The summed E-state index contributed by atoms with van der Waals surface area (Å²) in [5, 5.41) is 21.4. The second-order valence-corrected chi connectivity index (χ2v) is 8.66. The fourth-order valence-electron chi connectivity index (χ4n) is 3.63. The highest BCUT2D eigenvalue weighted by Gasteiger charge is 2.44. The van der Waals surface area contributed by atoms with Gasteiger partial charge < -0.3 is 24.8 Å². The molecule has 3 unspecified atom stereocenters. The number of aromatic nitrogens is 2. The maximum Gasteiger partial charge on any atom is 0.490 e. The first-order valence-corrected chi connectivity index (χ1v) is 12.1. The van der Waals surface area contributed by atoms with Crippen LogP contribution in [0, 0.1) is 5.82 Å². The highest BCUT2D eigenvalue weighted by atomic mass is 19.4. The van der Waals surface area contributed by atoms with Crippen molar-refractivity contribution in [1.82, 2.24) is 14.9 Å². The number of fused-ring (bicyclic) bond motifs is 2. The van der Waals surface area contributed by atoms with Crippen molar-refractivity contribution in [1.29, 1.82) is 0 Å². The molecule has 2 bridgehead atoms. The molecule has 0 amide bonds. The lowest BCUT2D eigenvalue weighted by Gasteiger charge is -2.31. The first-order valence-electron chi connectivity index (χ1n) is 12.1. The lowest BCUT2D eigenvalue weighted by molar-refractivity contribution is -0.193. The third kappa shape index (κ3) is 13.9. The molecule has 2 aliphatic rings. The Hall–Kier alpha value is -4.27. The first-order chi connectivity index (χ1) is 20.6. The van der Waals surface area contributed by atoms with E-state index < -0.39 is 42.3 Å². The van der Waals surface area contributed by atoms with Crippen molar-refractivity contribution in [3.63, 3.8) is 0 Å². The van der Waals surface area contributed by atoms with Crippen LogP contribution < -0.4 is 4.74 Å². The Bertz CT molecular complexity index is 1190. The highest BCUT2D eigenvalue weighted by molar-refractivity contribution is 5.73. The van der Waals surface area contributed by atoms with E-state index in [1.807, 2.05) is 12.1 Å². The SMILES string of the molecule is Fc1cccnc1OC1C2CCC1N(Cc1ccncc1)CCO2.O=C(O)C(F)(F)F.O=C(O)C(F)(F)F.O=C(O)C(F)(F)F. The van der Waals surface area contributed by atoms with Crippen LogP contribution in [0.25, 0.3) is 0 Å². The molecular formula is C24H23F10N3O8. The van der Waals surface area contributed by atoms with E-state index in [0.29, 0.717) is 6.61 Å². The molecule has 3 N–H and O–H groups in total. The minimum atomic E-state index is -5.08. The standard InChI is InChI=1S/C18H20FN3O2.3C2HF3O2/c19-14-2-1-7-21-18(14)24-17-15-3-4-16(17)23-11-10-22(15)12-13-5-8-20-9-6-13;3*3-2(4,5)1(6)7/h1-2,5-9,15-17H,3-4,10-12H2;3*(H,6,7). The zero-order valence-corrected chi connectivity index (χ0v) is 22.3. The maximum absolute atomic E-state index is 13.9. The number of hydrogen-bond acceptors (Lipinski definition) is 8. The smallest absolute Gasteiger partial charge is 0.475 e. The molecule has 252 valence electrons. The van der Waals surface area contributed by atoms with E-state index in [1.54, 1.807) is 24.7 Å². The zero-order valence-electron chi connectivity index (χ0n) is 22.3. The summed E-state index contributed by atoms with van der Waals surface area (Å²) in [5.74, 6) is -8.64. The predicted molar refractivity (Wildman–Crippen MR) is 127 cm³/mol. The molecule has 2 fully saturated rings. The number of aliphatic carboxylic acids is 3. The van der Waals surface area contributed by atoms with Gasteiger partial charge in [0.1, 0.15) is 6.10 Å². The average Bonchev–Trinajstić information content (AvgIpc) is 3.23. The third-order valence-electron chi connectivity index (χ3n) is 5.51. The van der Waals surface area contributed by atoms with E-state index in [2.05, 4.69) is 14.9 Å². The van der Waals surface area contributed by atoms with E-state index in [4.69, 9.17) is 39.2 Å². The Morgan fingerprint density at radius 3 is 1.78 bits per heavy atom. The molecule has 3 heterocycles. The quantitative estimate of drug-likeness (QED) is 0.398. The maximum atomic E-state index is 13.9. The Morgan fingerprint density at radius 2 is 1.33 bits per heavy atom. The van der Waals surface area contributed by atoms with Crippen molar-refractivity contribution in [2.24, 2.45) is 0 Å². The fraction of sp³-hybridized carbons (Fsp3) is 0.458. The van der Waals surface area contributed by atoms with Crippen molar-refractivity contribution in [3.05, 3.63) is 54.2 Å². The summed E-state index contributed by atoms with van der Waals surface area (Å²) < 4.78 is 121. The molecule has 4 rings (SSSR count). The van der Waals surface area contributed by atoms with Gasteiger partial charge in [0.2, 0.25) is 0 Å². The molecule has 1 saturated heterocycles. The number of rotatable bonds is 4. The number of alkyl halides is 9. The number of carboxylic acid groups (broad SMARTS) is 3. The lowest BCUT2D eigenvalue weighted by Crippen LogP contribution is -2.44. The molecule has 3 atom stereocenters. The Labute approximate surface area is 246 Å². The number of ether oxygens (including phenoxy) is 2. The van der Waals surface area contributed by atoms with Crippen LogP contribution in [0.15, 0.2) is 42.9 Å². The Kier molecular flexibility index (Phi) is 14.4. The van der Waals surface area contributed by atoms with Crippen LogP contribution in [0.1, 0.15) is 18.4 Å². The number of carboxylic acids is 3. The van der Waals surface area contributed by atoms with Gasteiger partial charge in [0.25, 0.3) is 5.88 Å². The lowest BCUT2D eigenvalue weighted by atomic mass is 10.1. The number of pyridine rings is 2. The molecule has 11 nitrogen and oxygen atoms in total. The van der Waals surface area contributed by atoms with Crippen LogP contribution in [0.2, 0.25) is 0 Å². The van der Waals surface area contributed by atoms with Crippen molar-refractivity contribution in [2.75, 3.05) is 13.2 Å². The molecule has 2 aromatic rings. The van der Waals surface area contributed by atoms with E-state index in [1.165, 1.54) is 11.6 Å². The topological polar surface area (TPSA) is 159 Å². The second kappa shape index (κ2) is 16.7. The summed E-state index contributed by atoms with van der Waals surface area (Å²) in [6, 6.07) is 7.18. The largest absolute Gasteiger partial charge is 0.490 e. The molecular weight excluding hydrogens is 648 g/mol. The van der Waals surface area contributed by atoms with Crippen LogP contribution in [0.4, 0.5) is 43.9 Å². The second-order valence-electron chi connectivity index (χ2n) is 8.66. The fourth-order valence-corrected chi connectivity index (χ4v) is 3.63. The Morgan fingerprint density at radius 1 is 0.844 bits per heavy atom. The summed E-state index contributed by atoms with van der Waals surface area (Å²) in [5.41, 5.74) is 1.21. The molecule has 1 aliphatic heterocycles. The monoisotopic (exact) mass is 671 g/mol. The van der Waals surface area contributed by atoms with Crippen molar-refractivity contribution >= 4 is 17.9 Å². The van der Waals surface area contributed by atoms with E-state index >= 15 is 0 Å². The van der Waals surface area contributed by atoms with E-state index in [9.17, 15) is 43.9 Å². The number of hydrogen-bond donors (Lipinski definition) is 3. The number of carbonyl (C=O) groups is 3. The molecule has 0 aromatic carbocycles. The third-order valence-corrected chi connectivity index (χ3v) is 5.51. The molecule has 0 radical (unpaired) electrons. The van der Waals surface area contributed by atoms with Crippen LogP contribution in [0.3, 0.4) is 0 Å². The van der Waals surface area contributed by atoms with Gasteiger partial charge in [0.15, 0.2) is 5.82 Å². The van der Waals surface area contributed by atoms with Gasteiger partial charge in [-0.05, 0) is 42.7 Å². The van der Waals surface area contributed by atoms with Gasteiger partial charge in [-0.3, -0.25) is 9.88 Å². The normalized spacial score (nSPS) is 19.6. The molecule has 0 spiro atoms. The van der Waals surface area contributed by atoms with Crippen LogP contribution in [-0.2, 0) is 25.7 Å². The van der Waals surface area contributed by atoms with Crippen molar-refractivity contribution < 1.29 is 83.1 Å². The van der Waals surface area contributed by atoms with Gasteiger partial charge >= 0.3 is 36.4 Å². The first kappa shape index (κ1) is 38.8. The predicted octanol–water partition coefficient (Wildman–Crippen LogP) is 4.33. The van der Waals surface area contributed by atoms with Gasteiger partial charge in [-0.25, -0.2) is 23.8 Å². The molecule has 1 aliphatic carbocycles. The Balaban J connectivity index is 0.000000396. The van der Waals surface area contributed by atoms with E-state index in [0.717, 1.165) is 25.9 Å². The molecule has 1 saturated carbocycles. The zero-order chi connectivity index (χ0) is 34.6. The summed E-state index contributed by atoms with van der Waals surface area (Å²) in [4.78, 5) is 37.2. The highest BCUT2D eigenvalue weighted by Crippen LogP contribution is 2.33. The summed E-state index contributed by atoms with van der Waals surface area (Å²) in [6.45, 7) is 2.32. The number of halogens is 10. The molecule has 2 aromatic heterocycles. The van der Waals surface area contributed by atoms with Crippen LogP contribution >= 0.6 is 0 Å². The van der Waals surface area contributed by atoms with Gasteiger partial charge in [-0.1, -0.05) is 0 Å². The summed E-state index contributed by atoms with van der Waals surface area (Å²) >= 11 is 0. The summed E-state index contributed by atoms with van der Waals surface area (Å²) in [7, 11) is 0. The van der Waals surface area contributed by atoms with Crippen LogP contribution in [-0.4, -0.2) is 98.0 Å². The summed E-state index contributed by atoms with van der Waals surface area (Å²) in [6.07, 6.45) is -8.38. The minimum absolute atomic E-state index is 0.00107. The molecule has 45 heavy (non-hydrogen) atoms. The average molecular weight is 671 g/mol. The molecule has 21 heteroatoms. The van der Waals surface area contributed by atoms with Gasteiger partial charge in [0.05, 0.1) is 12.7 Å².